The van der Waals surface area contributed by atoms with Crippen LogP contribution < -0.4 is 15.5 Å². The normalized spacial score (nSPS) is 26.2. The molecule has 5 rings (SSSR count). The minimum Gasteiger partial charge on any atom is -0.369 e. The Morgan fingerprint density at radius 1 is 0.966 bits per heavy atom. The van der Waals surface area contributed by atoms with Gasteiger partial charge in [-0.25, -0.2) is 4.39 Å². The molecule has 151 valence electrons. The third-order valence-corrected chi connectivity index (χ3v) is 7.02. The fourth-order valence-electron chi connectivity index (χ4n) is 5.33. The quantitative estimate of drug-likeness (QED) is 0.872. The highest BCUT2D eigenvalue weighted by Gasteiger charge is 2.46. The molecule has 1 amide bonds. The summed E-state index contributed by atoms with van der Waals surface area (Å²) in [7, 11) is 0. The molecule has 3 aliphatic rings. The number of piperazine rings is 1. The summed E-state index contributed by atoms with van der Waals surface area (Å²) in [5.74, 6) is 0.0945. The van der Waals surface area contributed by atoms with Crippen LogP contribution >= 0.6 is 0 Å². The molecule has 2 atom stereocenters. The molecule has 0 aromatic heterocycles. The van der Waals surface area contributed by atoms with Crippen LogP contribution in [0.4, 0.5) is 15.8 Å². The molecule has 2 aliphatic carbocycles. The van der Waals surface area contributed by atoms with Crippen LogP contribution in [0.15, 0.2) is 42.5 Å². The van der Waals surface area contributed by atoms with Crippen LogP contribution in [-0.2, 0) is 17.6 Å². The molecule has 2 N–H and O–H groups in total. The molecule has 2 unspecified atom stereocenters. The predicted octanol–water partition coefficient (Wildman–Crippen LogP) is 3.34. The Balaban J connectivity index is 1.33. The fourth-order valence-corrected chi connectivity index (χ4v) is 5.33. The summed E-state index contributed by atoms with van der Waals surface area (Å²) in [5, 5.41) is 0. The molecule has 2 aromatic rings. The van der Waals surface area contributed by atoms with E-state index in [9.17, 15) is 9.18 Å². The van der Waals surface area contributed by atoms with Crippen molar-refractivity contribution >= 4 is 17.3 Å². The van der Waals surface area contributed by atoms with Crippen LogP contribution in [0.3, 0.4) is 0 Å². The molecule has 0 spiro atoms. The average molecular weight is 392 g/mol. The number of primary amides is 1. The number of benzene rings is 2. The molecule has 2 fully saturated rings. The molecule has 29 heavy (non-hydrogen) atoms. The van der Waals surface area contributed by atoms with Gasteiger partial charge in [-0.1, -0.05) is 6.07 Å². The van der Waals surface area contributed by atoms with E-state index in [2.05, 4.69) is 34.4 Å². The van der Waals surface area contributed by atoms with Gasteiger partial charge in [-0.15, -0.1) is 0 Å². The summed E-state index contributed by atoms with van der Waals surface area (Å²) < 4.78 is 13.2. The monoisotopic (exact) mass is 392 g/mol. The summed E-state index contributed by atoms with van der Waals surface area (Å²) in [6, 6.07) is 13.5. The van der Waals surface area contributed by atoms with Gasteiger partial charge in [0.1, 0.15) is 5.82 Å². The number of carbonyl (C=O) groups excluding carboxylic acids is 1. The molecule has 1 radical (unpaired) electrons. The van der Waals surface area contributed by atoms with Gasteiger partial charge in [0.25, 0.3) is 0 Å². The first-order chi connectivity index (χ1) is 14.0. The number of amides is 1. The van der Waals surface area contributed by atoms with Crippen LogP contribution in [-0.4, -0.2) is 32.1 Å². The average Bonchev–Trinajstić information content (AvgIpc) is 3.05. The van der Waals surface area contributed by atoms with Crippen molar-refractivity contribution in [3.8, 4) is 0 Å². The first-order valence-electron chi connectivity index (χ1n) is 10.6. The van der Waals surface area contributed by atoms with Crippen LogP contribution in [0.5, 0.6) is 0 Å². The minimum atomic E-state index is -0.462. The van der Waals surface area contributed by atoms with E-state index in [0.717, 1.165) is 57.5 Å². The van der Waals surface area contributed by atoms with E-state index < -0.39 is 5.41 Å². The van der Waals surface area contributed by atoms with Crippen molar-refractivity contribution in [1.29, 1.82) is 0 Å². The first kappa shape index (κ1) is 18.5. The summed E-state index contributed by atoms with van der Waals surface area (Å²) in [6.45, 7) is 3.66. The van der Waals surface area contributed by atoms with Crippen molar-refractivity contribution in [2.75, 3.05) is 36.0 Å². The zero-order chi connectivity index (χ0) is 20.0. The molecular weight excluding hydrogens is 365 g/mol. The highest BCUT2D eigenvalue weighted by molar-refractivity contribution is 5.83. The Kier molecular flexibility index (Phi) is 4.49. The van der Waals surface area contributed by atoms with Crippen molar-refractivity contribution in [3.05, 3.63) is 65.8 Å². The number of hydrogen-bond acceptors (Lipinski definition) is 3. The van der Waals surface area contributed by atoms with E-state index in [0.29, 0.717) is 5.92 Å². The van der Waals surface area contributed by atoms with Crippen molar-refractivity contribution < 1.29 is 9.18 Å². The maximum Gasteiger partial charge on any atom is 0.224 e. The zero-order valence-corrected chi connectivity index (χ0v) is 16.6. The molecular formula is C24H27FN3O. The Morgan fingerprint density at radius 3 is 2.31 bits per heavy atom. The molecule has 1 aliphatic heterocycles. The lowest BCUT2D eigenvalue weighted by Gasteiger charge is -2.38. The van der Waals surface area contributed by atoms with Gasteiger partial charge in [0.05, 0.1) is 5.41 Å². The second-order valence-corrected chi connectivity index (χ2v) is 8.77. The highest BCUT2D eigenvalue weighted by atomic mass is 19.1. The van der Waals surface area contributed by atoms with Crippen molar-refractivity contribution in [1.82, 2.24) is 0 Å². The maximum absolute atomic E-state index is 13.2. The van der Waals surface area contributed by atoms with Gasteiger partial charge in [0.15, 0.2) is 0 Å². The van der Waals surface area contributed by atoms with Gasteiger partial charge in [-0.3, -0.25) is 4.79 Å². The number of anilines is 2. The van der Waals surface area contributed by atoms with Crippen LogP contribution in [0.2, 0.25) is 0 Å². The predicted molar refractivity (Wildman–Crippen MR) is 113 cm³/mol. The fraction of sp³-hybridized carbons (Fsp3) is 0.417. The largest absolute Gasteiger partial charge is 0.369 e. The molecule has 1 heterocycles. The van der Waals surface area contributed by atoms with E-state index in [4.69, 9.17) is 5.73 Å². The second-order valence-electron chi connectivity index (χ2n) is 8.77. The van der Waals surface area contributed by atoms with E-state index in [1.807, 2.05) is 12.1 Å². The zero-order valence-electron chi connectivity index (χ0n) is 16.6. The Bertz CT molecular complexity index is 920. The van der Waals surface area contributed by atoms with Crippen LogP contribution in [0, 0.1) is 23.6 Å². The number of nitrogens with two attached hydrogens (primary N) is 1. The molecule has 5 heteroatoms. The number of halogens is 1. The lowest BCUT2D eigenvalue weighted by Crippen LogP contribution is -2.46. The van der Waals surface area contributed by atoms with E-state index in [1.54, 1.807) is 0 Å². The molecule has 1 saturated heterocycles. The number of carbonyl (C=O) groups is 1. The van der Waals surface area contributed by atoms with E-state index in [-0.39, 0.29) is 11.7 Å². The number of hydrogen-bond donors (Lipinski definition) is 1. The number of rotatable bonds is 3. The lowest BCUT2D eigenvalue weighted by atomic mass is 9.79. The number of nitrogens with zero attached hydrogens (tertiary/aromatic N) is 2. The summed E-state index contributed by atoms with van der Waals surface area (Å²) >= 11 is 0. The molecule has 4 nitrogen and oxygen atoms in total. The first-order valence-corrected chi connectivity index (χ1v) is 10.6. The van der Waals surface area contributed by atoms with Crippen molar-refractivity contribution in [2.24, 2.45) is 17.1 Å². The van der Waals surface area contributed by atoms with E-state index in [1.165, 1.54) is 28.9 Å². The Morgan fingerprint density at radius 2 is 1.62 bits per heavy atom. The van der Waals surface area contributed by atoms with Crippen molar-refractivity contribution in [2.45, 2.75) is 25.7 Å². The van der Waals surface area contributed by atoms with Crippen LogP contribution in [0.25, 0.3) is 0 Å². The van der Waals surface area contributed by atoms with Gasteiger partial charge < -0.3 is 15.5 Å². The maximum atomic E-state index is 13.2. The SMILES string of the molecule is NC(=O)C12[CH]C(CC1)Cc1ccc(N3CCN(c4ccc(F)cc4)CC3)cc1C2. The Labute approximate surface area is 171 Å². The lowest BCUT2D eigenvalue weighted by molar-refractivity contribution is -0.125. The second kappa shape index (κ2) is 7.05. The highest BCUT2D eigenvalue weighted by Crippen LogP contribution is 2.48. The summed E-state index contributed by atoms with van der Waals surface area (Å²) in [4.78, 5) is 16.9. The standard InChI is InChI=1S/C24H27FN3O/c25-20-2-5-21(6-3-20)27-9-11-28(12-10-27)22-4-1-18-13-17-7-8-24(15-17,23(26)29)16-19(18)14-22/h1-6,14-15,17H,7-13,16H2,(H2,26,29). The number of fused-ring (bicyclic) bond motifs is 3. The van der Waals surface area contributed by atoms with Gasteiger partial charge >= 0.3 is 0 Å². The third kappa shape index (κ3) is 3.37. The third-order valence-electron chi connectivity index (χ3n) is 7.02. The van der Waals surface area contributed by atoms with Gasteiger partial charge in [0, 0.05) is 37.6 Å². The van der Waals surface area contributed by atoms with Gasteiger partial charge in [-0.2, -0.15) is 0 Å². The smallest absolute Gasteiger partial charge is 0.224 e. The molecule has 1 saturated carbocycles. The Hall–Kier alpha value is -2.56. The summed E-state index contributed by atoms with van der Waals surface area (Å²) in [6.07, 6.45) is 5.93. The molecule has 2 bridgehead atoms. The summed E-state index contributed by atoms with van der Waals surface area (Å²) in [5.41, 5.74) is 10.3. The van der Waals surface area contributed by atoms with Crippen LogP contribution in [0.1, 0.15) is 24.0 Å². The topological polar surface area (TPSA) is 49.6 Å². The minimum absolute atomic E-state index is 0.175. The van der Waals surface area contributed by atoms with Gasteiger partial charge in [-0.05, 0) is 85.5 Å². The van der Waals surface area contributed by atoms with Crippen molar-refractivity contribution in [3.63, 3.8) is 0 Å². The molecule has 2 aromatic carbocycles. The van der Waals surface area contributed by atoms with E-state index >= 15 is 0 Å². The van der Waals surface area contributed by atoms with Gasteiger partial charge in [0.2, 0.25) is 5.91 Å².